The van der Waals surface area contributed by atoms with Gasteiger partial charge in [-0.1, -0.05) is 12.1 Å². The van der Waals surface area contributed by atoms with Gasteiger partial charge in [0.1, 0.15) is 11.4 Å². The highest BCUT2D eigenvalue weighted by Crippen LogP contribution is 2.29. The molecule has 3 rings (SSSR count). The second-order valence-corrected chi connectivity index (χ2v) is 5.94. The van der Waals surface area contributed by atoms with Crippen LogP contribution < -0.4 is 19.7 Å². The molecule has 0 aromatic heterocycles. The van der Waals surface area contributed by atoms with Crippen LogP contribution in [0.2, 0.25) is 0 Å². The molecule has 2 aromatic rings. The molecular formula is C19H15FN2O4S. The maximum absolute atomic E-state index is 13.5. The first kappa shape index (κ1) is 18.5. The van der Waals surface area contributed by atoms with Gasteiger partial charge < -0.3 is 9.47 Å². The Labute approximate surface area is 160 Å². The first-order valence-electron chi connectivity index (χ1n) is 7.83. The van der Waals surface area contributed by atoms with Gasteiger partial charge in [0.2, 0.25) is 0 Å². The quantitative estimate of drug-likeness (QED) is 0.497. The minimum atomic E-state index is -0.649. The summed E-state index contributed by atoms with van der Waals surface area (Å²) < 4.78 is 23.9. The smallest absolute Gasteiger partial charge is 0.270 e. The van der Waals surface area contributed by atoms with E-state index in [-0.39, 0.29) is 16.4 Å². The number of carbonyl (C=O) groups is 2. The van der Waals surface area contributed by atoms with Crippen molar-refractivity contribution in [3.63, 3.8) is 0 Å². The molecule has 6 nitrogen and oxygen atoms in total. The molecule has 1 N–H and O–H groups in total. The van der Waals surface area contributed by atoms with Crippen LogP contribution in [0.3, 0.4) is 0 Å². The summed E-state index contributed by atoms with van der Waals surface area (Å²) in [5.41, 5.74) is 0.640. The summed E-state index contributed by atoms with van der Waals surface area (Å²) in [5, 5.41) is 2.34. The fourth-order valence-corrected chi connectivity index (χ4v) is 2.90. The van der Waals surface area contributed by atoms with E-state index in [1.165, 1.54) is 38.5 Å². The van der Waals surface area contributed by atoms with Crippen LogP contribution in [0.25, 0.3) is 6.08 Å². The van der Waals surface area contributed by atoms with Crippen molar-refractivity contribution in [1.82, 2.24) is 5.32 Å². The molecular weight excluding hydrogens is 371 g/mol. The summed E-state index contributed by atoms with van der Waals surface area (Å²) in [6, 6.07) is 10.4. The SMILES string of the molecule is COc1ccc(/C=C2\C(=O)NC(=S)N(c3cccc(F)c3)C2=O)cc1OC. The number of ether oxygens (including phenoxy) is 2. The average Bonchev–Trinajstić information content (AvgIpc) is 2.64. The van der Waals surface area contributed by atoms with Crippen molar-refractivity contribution in [3.05, 3.63) is 59.4 Å². The highest BCUT2D eigenvalue weighted by atomic mass is 32.1. The Hall–Kier alpha value is -3.26. The summed E-state index contributed by atoms with van der Waals surface area (Å²) in [6.45, 7) is 0. The minimum Gasteiger partial charge on any atom is -0.493 e. The zero-order valence-corrected chi connectivity index (χ0v) is 15.3. The molecule has 1 fully saturated rings. The van der Waals surface area contributed by atoms with E-state index in [0.717, 1.165) is 11.0 Å². The predicted molar refractivity (Wildman–Crippen MR) is 102 cm³/mol. The molecule has 1 aliphatic heterocycles. The largest absolute Gasteiger partial charge is 0.493 e. The van der Waals surface area contributed by atoms with E-state index < -0.39 is 17.6 Å². The van der Waals surface area contributed by atoms with Gasteiger partial charge in [0.25, 0.3) is 11.8 Å². The van der Waals surface area contributed by atoms with E-state index in [9.17, 15) is 14.0 Å². The molecule has 0 spiro atoms. The standard InChI is InChI=1S/C19H15FN2O4S/c1-25-15-7-6-11(9-16(15)26-2)8-14-17(23)21-19(27)22(18(14)24)13-5-3-4-12(20)10-13/h3-10H,1-2H3,(H,21,23,27)/b14-8+. The molecule has 1 saturated heterocycles. The molecule has 0 aliphatic carbocycles. The van der Waals surface area contributed by atoms with E-state index in [1.807, 2.05) is 0 Å². The van der Waals surface area contributed by atoms with Crippen LogP contribution >= 0.6 is 12.2 Å². The molecule has 138 valence electrons. The average molecular weight is 386 g/mol. The fraction of sp³-hybridized carbons (Fsp3) is 0.105. The van der Waals surface area contributed by atoms with Crippen molar-refractivity contribution in [1.29, 1.82) is 0 Å². The molecule has 0 radical (unpaired) electrons. The van der Waals surface area contributed by atoms with Crippen molar-refractivity contribution in [2.75, 3.05) is 19.1 Å². The highest BCUT2D eigenvalue weighted by Gasteiger charge is 2.34. The third-order valence-corrected chi connectivity index (χ3v) is 4.17. The molecule has 2 aromatic carbocycles. The van der Waals surface area contributed by atoms with Gasteiger partial charge in [0.05, 0.1) is 19.9 Å². The van der Waals surface area contributed by atoms with Gasteiger partial charge in [0, 0.05) is 0 Å². The number of amides is 2. The van der Waals surface area contributed by atoms with Crippen molar-refractivity contribution in [3.8, 4) is 11.5 Å². The summed E-state index contributed by atoms with van der Waals surface area (Å²) >= 11 is 5.08. The molecule has 0 unspecified atom stereocenters. The maximum Gasteiger partial charge on any atom is 0.270 e. The Morgan fingerprint density at radius 2 is 1.81 bits per heavy atom. The number of hydrogen-bond acceptors (Lipinski definition) is 5. The summed E-state index contributed by atoms with van der Waals surface area (Å²) in [6.07, 6.45) is 1.41. The second-order valence-electron chi connectivity index (χ2n) is 5.55. The van der Waals surface area contributed by atoms with Crippen molar-refractivity contribution in [2.45, 2.75) is 0 Å². The van der Waals surface area contributed by atoms with Crippen LogP contribution in [0, 0.1) is 5.82 Å². The normalized spacial score (nSPS) is 15.7. The lowest BCUT2D eigenvalue weighted by Crippen LogP contribution is -2.54. The third-order valence-electron chi connectivity index (χ3n) is 3.89. The molecule has 0 atom stereocenters. The predicted octanol–water partition coefficient (Wildman–Crippen LogP) is 2.67. The van der Waals surface area contributed by atoms with Crippen LogP contribution in [0.4, 0.5) is 10.1 Å². The number of benzene rings is 2. The number of thiocarbonyl (C=S) groups is 1. The van der Waals surface area contributed by atoms with E-state index >= 15 is 0 Å². The zero-order valence-electron chi connectivity index (χ0n) is 14.5. The van der Waals surface area contributed by atoms with Gasteiger partial charge in [-0.2, -0.15) is 0 Å². The van der Waals surface area contributed by atoms with Crippen molar-refractivity contribution in [2.24, 2.45) is 0 Å². The zero-order chi connectivity index (χ0) is 19.6. The van der Waals surface area contributed by atoms with E-state index in [4.69, 9.17) is 21.7 Å². The van der Waals surface area contributed by atoms with Crippen molar-refractivity contribution >= 4 is 40.9 Å². The van der Waals surface area contributed by atoms with Gasteiger partial charge in [0.15, 0.2) is 16.6 Å². The second kappa shape index (κ2) is 7.55. The number of halogens is 1. The van der Waals surface area contributed by atoms with Gasteiger partial charge in [-0.25, -0.2) is 4.39 Å². The molecule has 1 heterocycles. The molecule has 27 heavy (non-hydrogen) atoms. The molecule has 1 aliphatic rings. The van der Waals surface area contributed by atoms with Crippen LogP contribution in [0.5, 0.6) is 11.5 Å². The molecule has 0 saturated carbocycles. The highest BCUT2D eigenvalue weighted by molar-refractivity contribution is 7.80. The number of anilines is 1. The number of rotatable bonds is 4. The van der Waals surface area contributed by atoms with Crippen molar-refractivity contribution < 1.29 is 23.5 Å². The lowest BCUT2D eigenvalue weighted by Gasteiger charge is -2.28. The van der Waals surface area contributed by atoms with Gasteiger partial charge in [-0.05, 0) is 54.2 Å². The van der Waals surface area contributed by atoms with Crippen LogP contribution in [0.15, 0.2) is 48.0 Å². The Morgan fingerprint density at radius 1 is 1.07 bits per heavy atom. The molecule has 2 amide bonds. The number of hydrogen-bond donors (Lipinski definition) is 1. The Balaban J connectivity index is 2.02. The van der Waals surface area contributed by atoms with E-state index in [2.05, 4.69) is 5.32 Å². The Morgan fingerprint density at radius 3 is 2.48 bits per heavy atom. The number of nitrogens with one attached hydrogen (secondary N) is 1. The van der Waals surface area contributed by atoms with Gasteiger partial charge in [-0.15, -0.1) is 0 Å². The maximum atomic E-state index is 13.5. The van der Waals surface area contributed by atoms with Gasteiger partial charge >= 0.3 is 0 Å². The third kappa shape index (κ3) is 3.65. The molecule has 0 bridgehead atoms. The monoisotopic (exact) mass is 386 g/mol. The summed E-state index contributed by atoms with van der Waals surface area (Å²) in [5.74, 6) is -0.836. The summed E-state index contributed by atoms with van der Waals surface area (Å²) in [7, 11) is 2.99. The summed E-state index contributed by atoms with van der Waals surface area (Å²) in [4.78, 5) is 26.2. The lowest BCUT2D eigenvalue weighted by atomic mass is 10.1. The number of methoxy groups -OCH3 is 2. The van der Waals surface area contributed by atoms with Crippen LogP contribution in [-0.2, 0) is 9.59 Å². The van der Waals surface area contributed by atoms with E-state index in [0.29, 0.717) is 17.1 Å². The number of nitrogens with zero attached hydrogens (tertiary/aromatic N) is 1. The first-order valence-corrected chi connectivity index (χ1v) is 8.24. The lowest BCUT2D eigenvalue weighted by molar-refractivity contribution is -0.122. The topological polar surface area (TPSA) is 67.9 Å². The van der Waals surface area contributed by atoms with Gasteiger partial charge in [-0.3, -0.25) is 19.8 Å². The van der Waals surface area contributed by atoms with Crippen LogP contribution in [0.1, 0.15) is 5.56 Å². The first-order chi connectivity index (χ1) is 12.9. The van der Waals surface area contributed by atoms with Crippen LogP contribution in [-0.4, -0.2) is 31.1 Å². The molecule has 8 heteroatoms. The Kier molecular flexibility index (Phi) is 5.18. The fourth-order valence-electron chi connectivity index (χ4n) is 2.62. The van der Waals surface area contributed by atoms with E-state index in [1.54, 1.807) is 18.2 Å². The number of carbonyl (C=O) groups excluding carboxylic acids is 2. The minimum absolute atomic E-state index is 0.111. The Bertz CT molecular complexity index is 974.